The molecule has 1 heterocycles. The highest BCUT2D eigenvalue weighted by Gasteiger charge is 2.38. The third kappa shape index (κ3) is 3.07. The van der Waals surface area contributed by atoms with Gasteiger partial charge in [-0.1, -0.05) is 19.1 Å². The van der Waals surface area contributed by atoms with E-state index < -0.39 is 5.54 Å². The Kier molecular flexibility index (Phi) is 4.23. The maximum Gasteiger partial charge on any atom is 0.253 e. The fraction of sp³-hybridized carbons (Fsp3) is 0.500. The number of pyridine rings is 1. The summed E-state index contributed by atoms with van der Waals surface area (Å²) in [6.45, 7) is 2.19. The van der Waals surface area contributed by atoms with Crippen molar-refractivity contribution < 1.29 is 4.79 Å². The van der Waals surface area contributed by atoms with Crippen molar-refractivity contribution in [1.82, 2.24) is 10.3 Å². The molecule has 1 aliphatic carbocycles. The predicted molar refractivity (Wildman–Crippen MR) is 81.7 cm³/mol. The third-order valence-corrected chi connectivity index (χ3v) is 4.39. The summed E-state index contributed by atoms with van der Waals surface area (Å²) in [5.41, 5.74) is 5.42. The van der Waals surface area contributed by atoms with Gasteiger partial charge in [-0.2, -0.15) is 0 Å². The third-order valence-electron chi connectivity index (χ3n) is 4.00. The first-order valence-electron chi connectivity index (χ1n) is 6.74. The number of thiocarbonyl (C=S) groups is 1. The van der Waals surface area contributed by atoms with Crippen LogP contribution in [0.15, 0.2) is 23.1 Å². The van der Waals surface area contributed by atoms with Crippen molar-refractivity contribution in [3.63, 3.8) is 0 Å². The van der Waals surface area contributed by atoms with Gasteiger partial charge in [-0.15, -0.1) is 0 Å². The molecule has 2 rings (SSSR count). The van der Waals surface area contributed by atoms with Gasteiger partial charge < -0.3 is 16.0 Å². The Hall–Kier alpha value is -1.69. The highest BCUT2D eigenvalue weighted by molar-refractivity contribution is 7.80. The van der Waals surface area contributed by atoms with Crippen LogP contribution in [0.5, 0.6) is 0 Å². The lowest BCUT2D eigenvalue weighted by Crippen LogP contribution is -2.58. The van der Waals surface area contributed by atoms with Crippen molar-refractivity contribution in [2.24, 2.45) is 11.7 Å². The maximum absolute atomic E-state index is 12.3. The van der Waals surface area contributed by atoms with Crippen molar-refractivity contribution in [2.75, 3.05) is 0 Å². The van der Waals surface area contributed by atoms with Crippen LogP contribution in [-0.4, -0.2) is 21.4 Å². The molecule has 1 amide bonds. The summed E-state index contributed by atoms with van der Waals surface area (Å²) in [5, 5.41) is 2.96. The van der Waals surface area contributed by atoms with Gasteiger partial charge in [0.1, 0.15) is 0 Å². The molecule has 0 spiro atoms. The summed E-state index contributed by atoms with van der Waals surface area (Å²) >= 11 is 5.16. The van der Waals surface area contributed by atoms with Crippen molar-refractivity contribution in [2.45, 2.75) is 38.1 Å². The fourth-order valence-corrected chi connectivity index (χ4v) is 2.78. The van der Waals surface area contributed by atoms with Crippen molar-refractivity contribution in [3.8, 4) is 0 Å². The summed E-state index contributed by atoms with van der Waals surface area (Å²) in [6, 6.07) is 2.82. The molecule has 4 N–H and O–H groups in total. The van der Waals surface area contributed by atoms with Crippen molar-refractivity contribution in [3.05, 3.63) is 34.2 Å². The SMILES string of the molecule is CC1CCC(NC(=O)c2ccc(=O)[nH]c2)(C(N)=S)CC1. The molecule has 0 aromatic carbocycles. The Labute approximate surface area is 123 Å². The molecule has 20 heavy (non-hydrogen) atoms. The number of nitrogens with two attached hydrogens (primary N) is 1. The van der Waals surface area contributed by atoms with Gasteiger partial charge in [0.2, 0.25) is 5.56 Å². The lowest BCUT2D eigenvalue weighted by atomic mass is 9.77. The van der Waals surface area contributed by atoms with Crippen LogP contribution in [0.3, 0.4) is 0 Å². The summed E-state index contributed by atoms with van der Waals surface area (Å²) in [6.07, 6.45) is 4.90. The Morgan fingerprint density at radius 3 is 2.60 bits per heavy atom. The number of rotatable bonds is 3. The average Bonchev–Trinajstić information content (AvgIpc) is 2.42. The first-order valence-corrected chi connectivity index (χ1v) is 7.15. The normalized spacial score (nSPS) is 25.9. The van der Waals surface area contributed by atoms with E-state index >= 15 is 0 Å². The predicted octanol–water partition coefficient (Wildman–Crippen LogP) is 1.34. The van der Waals surface area contributed by atoms with Gasteiger partial charge in [0.25, 0.3) is 5.91 Å². The Balaban J connectivity index is 2.16. The van der Waals surface area contributed by atoms with Crippen LogP contribution >= 0.6 is 12.2 Å². The van der Waals surface area contributed by atoms with E-state index in [1.807, 2.05) is 0 Å². The average molecular weight is 293 g/mol. The van der Waals surface area contributed by atoms with E-state index in [1.54, 1.807) is 0 Å². The van der Waals surface area contributed by atoms with Crippen LogP contribution in [0.2, 0.25) is 0 Å². The van der Waals surface area contributed by atoms with Gasteiger partial charge in [0, 0.05) is 12.3 Å². The standard InChI is InChI=1S/C14H19N3O2S/c1-9-4-6-14(7-5-9,13(15)20)17-12(19)10-2-3-11(18)16-8-10/h2-3,8-9H,4-7H2,1H3,(H2,15,20)(H,16,18)(H,17,19). The second-order valence-electron chi connectivity index (χ2n) is 5.52. The molecule has 108 valence electrons. The molecule has 0 bridgehead atoms. The summed E-state index contributed by atoms with van der Waals surface area (Å²) < 4.78 is 0. The minimum atomic E-state index is -0.602. The number of aromatic nitrogens is 1. The lowest BCUT2D eigenvalue weighted by molar-refractivity contribution is 0.0900. The quantitative estimate of drug-likeness (QED) is 0.734. The minimum Gasteiger partial charge on any atom is -0.391 e. The Morgan fingerprint density at radius 2 is 2.10 bits per heavy atom. The second-order valence-corrected chi connectivity index (χ2v) is 5.96. The monoisotopic (exact) mass is 293 g/mol. The number of hydrogen-bond donors (Lipinski definition) is 3. The second kappa shape index (κ2) is 5.75. The molecule has 1 saturated carbocycles. The zero-order valence-corrected chi connectivity index (χ0v) is 12.3. The van der Waals surface area contributed by atoms with Gasteiger partial charge in [-0.25, -0.2) is 0 Å². The van der Waals surface area contributed by atoms with Gasteiger partial charge in [0.15, 0.2) is 0 Å². The molecule has 6 heteroatoms. The lowest BCUT2D eigenvalue weighted by Gasteiger charge is -2.39. The molecular weight excluding hydrogens is 274 g/mol. The molecule has 1 aromatic rings. The fourth-order valence-electron chi connectivity index (χ4n) is 2.53. The van der Waals surface area contributed by atoms with E-state index in [1.165, 1.54) is 18.3 Å². The molecular formula is C14H19N3O2S. The molecule has 1 fully saturated rings. The number of carbonyl (C=O) groups is 1. The van der Waals surface area contributed by atoms with E-state index in [0.717, 1.165) is 25.7 Å². The molecule has 0 atom stereocenters. The van der Waals surface area contributed by atoms with Crippen LogP contribution in [-0.2, 0) is 0 Å². The van der Waals surface area contributed by atoms with E-state index in [4.69, 9.17) is 18.0 Å². The van der Waals surface area contributed by atoms with E-state index in [2.05, 4.69) is 17.2 Å². The first kappa shape index (κ1) is 14.7. The zero-order chi connectivity index (χ0) is 14.8. The highest BCUT2D eigenvalue weighted by atomic mass is 32.1. The van der Waals surface area contributed by atoms with Gasteiger partial charge in [-0.05, 0) is 37.7 Å². The van der Waals surface area contributed by atoms with Gasteiger partial charge in [-0.3, -0.25) is 9.59 Å². The molecule has 0 radical (unpaired) electrons. The van der Waals surface area contributed by atoms with E-state index in [-0.39, 0.29) is 11.5 Å². The van der Waals surface area contributed by atoms with Crippen LogP contribution in [0.1, 0.15) is 43.0 Å². The van der Waals surface area contributed by atoms with Crippen LogP contribution in [0, 0.1) is 5.92 Å². The van der Waals surface area contributed by atoms with Gasteiger partial charge >= 0.3 is 0 Å². The Bertz CT molecular complexity index is 554. The van der Waals surface area contributed by atoms with Crippen molar-refractivity contribution in [1.29, 1.82) is 0 Å². The van der Waals surface area contributed by atoms with E-state index in [0.29, 0.717) is 16.5 Å². The number of amides is 1. The van der Waals surface area contributed by atoms with Crippen LogP contribution < -0.4 is 16.6 Å². The molecule has 5 nitrogen and oxygen atoms in total. The summed E-state index contributed by atoms with van der Waals surface area (Å²) in [7, 11) is 0. The number of H-pyrrole nitrogens is 1. The molecule has 0 unspecified atom stereocenters. The van der Waals surface area contributed by atoms with Crippen molar-refractivity contribution >= 4 is 23.1 Å². The number of nitrogens with one attached hydrogen (secondary N) is 2. The Morgan fingerprint density at radius 1 is 1.45 bits per heavy atom. The largest absolute Gasteiger partial charge is 0.391 e. The number of aromatic amines is 1. The number of hydrogen-bond acceptors (Lipinski definition) is 3. The highest BCUT2D eigenvalue weighted by Crippen LogP contribution is 2.32. The first-order chi connectivity index (χ1) is 9.43. The smallest absolute Gasteiger partial charge is 0.253 e. The topological polar surface area (TPSA) is 88.0 Å². The van der Waals surface area contributed by atoms with Crippen LogP contribution in [0.4, 0.5) is 0 Å². The summed E-state index contributed by atoms with van der Waals surface area (Å²) in [5.74, 6) is 0.367. The minimum absolute atomic E-state index is 0.239. The number of carbonyl (C=O) groups excluding carboxylic acids is 1. The summed E-state index contributed by atoms with van der Waals surface area (Å²) in [4.78, 5) is 26.1. The zero-order valence-electron chi connectivity index (χ0n) is 11.4. The molecule has 0 aliphatic heterocycles. The van der Waals surface area contributed by atoms with Crippen LogP contribution in [0.25, 0.3) is 0 Å². The van der Waals surface area contributed by atoms with E-state index in [9.17, 15) is 9.59 Å². The molecule has 0 saturated heterocycles. The molecule has 1 aliphatic rings. The molecule has 1 aromatic heterocycles. The maximum atomic E-state index is 12.3. The van der Waals surface area contributed by atoms with Gasteiger partial charge in [0.05, 0.1) is 16.1 Å².